The van der Waals surface area contributed by atoms with Crippen LogP contribution in [0.5, 0.6) is 0 Å². The summed E-state index contributed by atoms with van der Waals surface area (Å²) in [5.41, 5.74) is 0.364. The van der Waals surface area contributed by atoms with Gasteiger partial charge in [0.15, 0.2) is 5.78 Å². The molecule has 0 radical (unpaired) electrons. The number of rotatable bonds is 3. The quantitative estimate of drug-likeness (QED) is 0.634. The van der Waals surface area contributed by atoms with E-state index >= 15 is 0 Å². The summed E-state index contributed by atoms with van der Waals surface area (Å²) in [7, 11) is 0. The number of benzene rings is 1. The summed E-state index contributed by atoms with van der Waals surface area (Å²) in [5.74, 6) is -0.971. The molecule has 3 nitrogen and oxygen atoms in total. The number of ether oxygens (including phenoxy) is 1. The molecule has 2 rings (SSSR count). The van der Waals surface area contributed by atoms with Crippen molar-refractivity contribution in [3.63, 3.8) is 0 Å². The molecule has 1 aliphatic rings. The van der Waals surface area contributed by atoms with Crippen LogP contribution in [0.1, 0.15) is 16.8 Å². The van der Waals surface area contributed by atoms with E-state index in [1.807, 2.05) is 0 Å². The molecular formula is C12H7Cl3O3. The predicted octanol–water partition coefficient (Wildman–Crippen LogP) is 3.53. The van der Waals surface area contributed by atoms with Crippen LogP contribution in [0.2, 0.25) is 5.02 Å². The Bertz CT molecular complexity index is 551. The first-order valence-electron chi connectivity index (χ1n) is 5.04. The molecule has 0 amide bonds. The second kappa shape index (κ2) is 5.31. The lowest BCUT2D eigenvalue weighted by molar-refractivity contribution is -0.138. The SMILES string of the molecule is O=C1O[C@H](CC(=O)c2ccccc2Cl)C(Cl)=C1Cl. The van der Waals surface area contributed by atoms with Crippen molar-refractivity contribution in [2.75, 3.05) is 0 Å². The summed E-state index contributed by atoms with van der Waals surface area (Å²) < 4.78 is 4.88. The van der Waals surface area contributed by atoms with Gasteiger partial charge in [-0.25, -0.2) is 4.79 Å². The van der Waals surface area contributed by atoms with Crippen LogP contribution in [0.4, 0.5) is 0 Å². The molecule has 0 bridgehead atoms. The zero-order valence-electron chi connectivity index (χ0n) is 8.95. The summed E-state index contributed by atoms with van der Waals surface area (Å²) >= 11 is 17.3. The average Bonchev–Trinajstić information content (AvgIpc) is 2.57. The fraction of sp³-hybridized carbons (Fsp3) is 0.167. The summed E-state index contributed by atoms with van der Waals surface area (Å²) in [5, 5.41) is 0.230. The molecule has 0 N–H and O–H groups in total. The van der Waals surface area contributed by atoms with E-state index in [1.165, 1.54) is 0 Å². The Morgan fingerprint density at radius 3 is 2.44 bits per heavy atom. The van der Waals surface area contributed by atoms with Crippen LogP contribution in [-0.4, -0.2) is 17.9 Å². The molecule has 18 heavy (non-hydrogen) atoms. The Kier molecular flexibility index (Phi) is 3.95. The van der Waals surface area contributed by atoms with Crippen molar-refractivity contribution in [1.82, 2.24) is 0 Å². The maximum atomic E-state index is 12.0. The molecule has 0 saturated carbocycles. The molecule has 1 aromatic carbocycles. The van der Waals surface area contributed by atoms with Gasteiger partial charge in [0.1, 0.15) is 11.1 Å². The molecule has 0 spiro atoms. The topological polar surface area (TPSA) is 43.4 Å². The minimum absolute atomic E-state index is 0.0575. The number of carbonyl (C=O) groups excluding carboxylic acids is 2. The Hall–Kier alpha value is -1.03. The lowest BCUT2D eigenvalue weighted by atomic mass is 10.1. The smallest absolute Gasteiger partial charge is 0.351 e. The minimum atomic E-state index is -0.824. The Morgan fingerprint density at radius 2 is 1.89 bits per heavy atom. The van der Waals surface area contributed by atoms with Crippen molar-refractivity contribution in [2.24, 2.45) is 0 Å². The molecule has 1 aliphatic heterocycles. The number of ketones is 1. The molecule has 1 aromatic rings. The number of halogens is 3. The number of carbonyl (C=O) groups is 2. The van der Waals surface area contributed by atoms with Crippen LogP contribution < -0.4 is 0 Å². The van der Waals surface area contributed by atoms with E-state index in [-0.39, 0.29) is 22.3 Å². The van der Waals surface area contributed by atoms with Crippen LogP contribution >= 0.6 is 34.8 Å². The normalized spacial score (nSPS) is 19.1. The Labute approximate surface area is 118 Å². The molecule has 94 valence electrons. The summed E-state index contributed by atoms with van der Waals surface area (Å²) in [6.45, 7) is 0. The highest BCUT2D eigenvalue weighted by Gasteiger charge is 2.34. The highest BCUT2D eigenvalue weighted by atomic mass is 35.5. The van der Waals surface area contributed by atoms with Gasteiger partial charge in [-0.1, -0.05) is 46.9 Å². The van der Waals surface area contributed by atoms with E-state index in [1.54, 1.807) is 24.3 Å². The summed E-state index contributed by atoms with van der Waals surface area (Å²) in [6.07, 6.45) is -0.903. The van der Waals surface area contributed by atoms with Gasteiger partial charge in [-0.05, 0) is 12.1 Å². The second-order valence-corrected chi connectivity index (χ2v) is 4.86. The largest absolute Gasteiger partial charge is 0.452 e. The molecule has 0 unspecified atom stereocenters. The fourth-order valence-corrected chi connectivity index (χ4v) is 2.17. The zero-order valence-corrected chi connectivity index (χ0v) is 11.2. The van der Waals surface area contributed by atoms with Crippen molar-refractivity contribution in [1.29, 1.82) is 0 Å². The summed E-state index contributed by atoms with van der Waals surface area (Å²) in [6, 6.07) is 6.63. The predicted molar refractivity (Wildman–Crippen MR) is 69.0 cm³/mol. The summed E-state index contributed by atoms with van der Waals surface area (Å²) in [4.78, 5) is 23.1. The number of cyclic esters (lactones) is 1. The van der Waals surface area contributed by atoms with Gasteiger partial charge in [0.25, 0.3) is 0 Å². The van der Waals surface area contributed by atoms with Crippen molar-refractivity contribution in [3.8, 4) is 0 Å². The third-order valence-electron chi connectivity index (χ3n) is 2.47. The number of hydrogen-bond donors (Lipinski definition) is 0. The Balaban J connectivity index is 2.15. The van der Waals surface area contributed by atoms with E-state index in [2.05, 4.69) is 0 Å². The van der Waals surface area contributed by atoms with Crippen molar-refractivity contribution in [2.45, 2.75) is 12.5 Å². The van der Waals surface area contributed by atoms with E-state index in [0.717, 1.165) is 0 Å². The van der Waals surface area contributed by atoms with Crippen LogP contribution in [0.15, 0.2) is 34.3 Å². The molecule has 0 fully saturated rings. The lowest BCUT2D eigenvalue weighted by Gasteiger charge is -2.09. The number of esters is 1. The van der Waals surface area contributed by atoms with Gasteiger partial charge in [0.2, 0.25) is 0 Å². The molecule has 1 heterocycles. The van der Waals surface area contributed by atoms with Gasteiger partial charge >= 0.3 is 5.97 Å². The van der Waals surface area contributed by atoms with Crippen LogP contribution in [0.25, 0.3) is 0 Å². The first-order valence-corrected chi connectivity index (χ1v) is 6.18. The number of Topliss-reactive ketones (excluding diaryl/α,β-unsaturated/α-hetero) is 1. The van der Waals surface area contributed by atoms with Crippen molar-refractivity contribution >= 4 is 46.6 Å². The van der Waals surface area contributed by atoms with E-state index in [0.29, 0.717) is 10.6 Å². The van der Waals surface area contributed by atoms with E-state index < -0.39 is 12.1 Å². The lowest BCUT2D eigenvalue weighted by Crippen LogP contribution is -2.16. The van der Waals surface area contributed by atoms with Crippen molar-refractivity contribution < 1.29 is 14.3 Å². The maximum absolute atomic E-state index is 12.0. The highest BCUT2D eigenvalue weighted by molar-refractivity contribution is 6.48. The van der Waals surface area contributed by atoms with Gasteiger partial charge in [-0.15, -0.1) is 0 Å². The molecule has 1 atom stereocenters. The molecule has 0 saturated heterocycles. The monoisotopic (exact) mass is 304 g/mol. The van der Waals surface area contributed by atoms with Gasteiger partial charge < -0.3 is 4.74 Å². The van der Waals surface area contributed by atoms with Crippen LogP contribution in [0.3, 0.4) is 0 Å². The second-order valence-electron chi connectivity index (χ2n) is 3.66. The zero-order chi connectivity index (χ0) is 13.3. The molecule has 6 heteroatoms. The van der Waals surface area contributed by atoms with Gasteiger partial charge in [-0.2, -0.15) is 0 Å². The standard InChI is InChI=1S/C12H7Cl3O3/c13-7-4-2-1-3-6(7)8(16)5-9-10(14)11(15)12(17)18-9/h1-4,9H,5H2/t9-/m1/s1. The Morgan fingerprint density at radius 1 is 1.22 bits per heavy atom. The highest BCUT2D eigenvalue weighted by Crippen LogP contribution is 2.31. The molecule has 0 aromatic heterocycles. The van der Waals surface area contributed by atoms with E-state index in [4.69, 9.17) is 39.5 Å². The van der Waals surface area contributed by atoms with Crippen molar-refractivity contribution in [3.05, 3.63) is 44.9 Å². The van der Waals surface area contributed by atoms with Gasteiger partial charge in [-0.3, -0.25) is 4.79 Å². The average molecular weight is 306 g/mol. The van der Waals surface area contributed by atoms with Crippen LogP contribution in [-0.2, 0) is 9.53 Å². The third-order valence-corrected chi connectivity index (χ3v) is 3.68. The fourth-order valence-electron chi connectivity index (χ4n) is 1.57. The van der Waals surface area contributed by atoms with E-state index in [9.17, 15) is 9.59 Å². The first kappa shape index (κ1) is 13.4. The van der Waals surface area contributed by atoms with Crippen LogP contribution in [0, 0.1) is 0 Å². The maximum Gasteiger partial charge on any atom is 0.351 e. The molecule has 0 aliphatic carbocycles. The number of hydrogen-bond acceptors (Lipinski definition) is 3. The van der Waals surface area contributed by atoms with Gasteiger partial charge in [0.05, 0.1) is 16.5 Å². The van der Waals surface area contributed by atoms with Gasteiger partial charge in [0, 0.05) is 5.56 Å². The minimum Gasteiger partial charge on any atom is -0.452 e. The first-order chi connectivity index (χ1) is 8.50. The molecular weight excluding hydrogens is 298 g/mol. The third kappa shape index (κ3) is 2.53.